The van der Waals surface area contributed by atoms with E-state index < -0.39 is 5.97 Å². The van der Waals surface area contributed by atoms with Crippen molar-refractivity contribution >= 4 is 17.0 Å². The molecule has 20 heavy (non-hydrogen) atoms. The van der Waals surface area contributed by atoms with E-state index in [1.807, 2.05) is 6.07 Å². The molecule has 1 N–H and O–H groups in total. The fraction of sp³-hybridized carbons (Fsp3) is 0.467. The predicted octanol–water partition coefficient (Wildman–Crippen LogP) is 2.55. The molecule has 106 valence electrons. The van der Waals surface area contributed by atoms with Crippen molar-refractivity contribution in [3.05, 3.63) is 30.1 Å². The van der Waals surface area contributed by atoms with Gasteiger partial charge in [0.15, 0.2) is 0 Å². The van der Waals surface area contributed by atoms with Crippen LogP contribution in [0.25, 0.3) is 11.0 Å². The highest BCUT2D eigenvalue weighted by Gasteiger charge is 2.28. The minimum Gasteiger partial charge on any atom is -0.478 e. The molecule has 1 aromatic heterocycles. The van der Waals surface area contributed by atoms with E-state index in [1.165, 1.54) is 0 Å². The summed E-state index contributed by atoms with van der Waals surface area (Å²) >= 11 is 0. The van der Waals surface area contributed by atoms with Crippen LogP contribution in [0.1, 0.15) is 30.1 Å². The second-order valence-corrected chi connectivity index (χ2v) is 5.80. The van der Waals surface area contributed by atoms with Crippen molar-refractivity contribution in [2.24, 2.45) is 5.41 Å². The molecule has 2 aromatic rings. The Morgan fingerprint density at radius 2 is 2.20 bits per heavy atom. The van der Waals surface area contributed by atoms with E-state index in [0.717, 1.165) is 43.6 Å². The zero-order valence-corrected chi connectivity index (χ0v) is 11.5. The smallest absolute Gasteiger partial charge is 0.335 e. The Bertz CT molecular complexity index is 642. The number of imidazole rings is 1. The number of carboxylic acids is 1. The first-order chi connectivity index (χ1) is 9.57. The van der Waals surface area contributed by atoms with E-state index in [1.54, 1.807) is 18.5 Å². The molecule has 3 rings (SSSR count). The van der Waals surface area contributed by atoms with Gasteiger partial charge in [-0.3, -0.25) is 0 Å². The molecule has 0 aliphatic carbocycles. The first-order valence-corrected chi connectivity index (χ1v) is 6.83. The fourth-order valence-corrected chi connectivity index (χ4v) is 2.76. The molecule has 5 heteroatoms. The minimum atomic E-state index is -0.919. The van der Waals surface area contributed by atoms with Crippen molar-refractivity contribution in [2.75, 3.05) is 13.2 Å². The summed E-state index contributed by atoms with van der Waals surface area (Å²) in [6.45, 7) is 4.78. The first-order valence-electron chi connectivity index (χ1n) is 6.83. The molecule has 0 spiro atoms. The number of hydrogen-bond acceptors (Lipinski definition) is 3. The molecule has 0 bridgehead atoms. The number of aromatic nitrogens is 2. The maximum Gasteiger partial charge on any atom is 0.335 e. The second-order valence-electron chi connectivity index (χ2n) is 5.80. The fourth-order valence-electron chi connectivity index (χ4n) is 2.76. The molecule has 0 radical (unpaired) electrons. The number of carboxylic acid groups (broad SMARTS) is 1. The maximum absolute atomic E-state index is 11.0. The summed E-state index contributed by atoms with van der Waals surface area (Å²) in [5.74, 6) is -0.919. The van der Waals surface area contributed by atoms with Gasteiger partial charge in [-0.05, 0) is 36.5 Å². The van der Waals surface area contributed by atoms with Gasteiger partial charge >= 0.3 is 5.97 Å². The number of fused-ring (bicyclic) bond motifs is 1. The van der Waals surface area contributed by atoms with Gasteiger partial charge in [0.05, 0.1) is 22.9 Å². The number of benzene rings is 1. The van der Waals surface area contributed by atoms with Gasteiger partial charge in [-0.25, -0.2) is 9.78 Å². The van der Waals surface area contributed by atoms with Crippen LogP contribution >= 0.6 is 0 Å². The van der Waals surface area contributed by atoms with E-state index in [2.05, 4.69) is 16.5 Å². The summed E-state index contributed by atoms with van der Waals surface area (Å²) in [6, 6.07) is 5.10. The highest BCUT2D eigenvalue weighted by Crippen LogP contribution is 2.32. The summed E-state index contributed by atoms with van der Waals surface area (Å²) in [5, 5.41) is 9.00. The molecule has 0 unspecified atom stereocenters. The molecule has 1 aliphatic rings. The number of carbonyl (C=O) groups is 1. The molecular weight excluding hydrogens is 256 g/mol. The Kier molecular flexibility index (Phi) is 3.22. The molecule has 1 saturated heterocycles. The van der Waals surface area contributed by atoms with Crippen LogP contribution in [-0.2, 0) is 11.3 Å². The van der Waals surface area contributed by atoms with Gasteiger partial charge < -0.3 is 14.4 Å². The third kappa shape index (κ3) is 2.41. The molecule has 1 aromatic carbocycles. The Hall–Kier alpha value is -1.88. The van der Waals surface area contributed by atoms with Crippen molar-refractivity contribution in [2.45, 2.75) is 26.3 Å². The summed E-state index contributed by atoms with van der Waals surface area (Å²) in [6.07, 6.45) is 3.89. The van der Waals surface area contributed by atoms with Crippen molar-refractivity contribution in [3.8, 4) is 0 Å². The van der Waals surface area contributed by atoms with Gasteiger partial charge in [0.1, 0.15) is 0 Å². The largest absolute Gasteiger partial charge is 0.478 e. The van der Waals surface area contributed by atoms with Gasteiger partial charge in [0.25, 0.3) is 0 Å². The lowest BCUT2D eigenvalue weighted by molar-refractivity contribution is 0.0160. The highest BCUT2D eigenvalue weighted by molar-refractivity contribution is 5.92. The van der Waals surface area contributed by atoms with Crippen LogP contribution in [0.2, 0.25) is 0 Å². The zero-order chi connectivity index (χ0) is 14.2. The normalized spacial score (nSPS) is 18.2. The monoisotopic (exact) mass is 274 g/mol. The van der Waals surface area contributed by atoms with Crippen molar-refractivity contribution in [3.63, 3.8) is 0 Å². The van der Waals surface area contributed by atoms with E-state index in [9.17, 15) is 4.79 Å². The quantitative estimate of drug-likeness (QED) is 0.934. The molecule has 0 atom stereocenters. The van der Waals surface area contributed by atoms with Crippen LogP contribution in [0.4, 0.5) is 0 Å². The number of ether oxygens (including phenoxy) is 1. The third-order valence-electron chi connectivity index (χ3n) is 4.12. The van der Waals surface area contributed by atoms with Crippen LogP contribution in [0.3, 0.4) is 0 Å². The minimum absolute atomic E-state index is 0.220. The summed E-state index contributed by atoms with van der Waals surface area (Å²) in [5.41, 5.74) is 2.22. The van der Waals surface area contributed by atoms with Gasteiger partial charge in [0.2, 0.25) is 0 Å². The van der Waals surface area contributed by atoms with Gasteiger partial charge in [-0.15, -0.1) is 0 Å². The number of aromatic carboxylic acids is 1. The SMILES string of the molecule is CC1(Cn2cnc3cc(C(=O)O)ccc32)CCOCC1. The maximum atomic E-state index is 11.0. The van der Waals surface area contributed by atoms with Gasteiger partial charge in [-0.2, -0.15) is 0 Å². The topological polar surface area (TPSA) is 64.4 Å². The van der Waals surface area contributed by atoms with Crippen molar-refractivity contribution in [1.29, 1.82) is 0 Å². The Balaban J connectivity index is 1.90. The van der Waals surface area contributed by atoms with Crippen LogP contribution < -0.4 is 0 Å². The molecule has 2 heterocycles. The predicted molar refractivity (Wildman–Crippen MR) is 74.9 cm³/mol. The Labute approximate surface area is 117 Å². The number of rotatable bonds is 3. The van der Waals surface area contributed by atoms with Crippen LogP contribution in [0.15, 0.2) is 24.5 Å². The lowest BCUT2D eigenvalue weighted by Crippen LogP contribution is -2.30. The van der Waals surface area contributed by atoms with Gasteiger partial charge in [-0.1, -0.05) is 6.92 Å². The third-order valence-corrected chi connectivity index (χ3v) is 4.12. The summed E-state index contributed by atoms with van der Waals surface area (Å²) in [4.78, 5) is 15.3. The Morgan fingerprint density at radius 3 is 2.90 bits per heavy atom. The standard InChI is InChI=1S/C15H18N2O3/c1-15(4-6-20-7-5-15)9-17-10-16-12-8-11(14(18)19)2-3-13(12)17/h2-3,8,10H,4-7,9H2,1H3,(H,18,19). The lowest BCUT2D eigenvalue weighted by Gasteiger charge is -2.33. The molecular formula is C15H18N2O3. The lowest BCUT2D eigenvalue weighted by atomic mass is 9.82. The number of nitrogens with zero attached hydrogens (tertiary/aromatic N) is 2. The van der Waals surface area contributed by atoms with Crippen LogP contribution in [0, 0.1) is 5.41 Å². The molecule has 0 saturated carbocycles. The average Bonchev–Trinajstić information content (AvgIpc) is 2.81. The molecule has 5 nitrogen and oxygen atoms in total. The molecule has 1 fully saturated rings. The van der Waals surface area contributed by atoms with E-state index in [4.69, 9.17) is 9.84 Å². The number of hydrogen-bond donors (Lipinski definition) is 1. The summed E-state index contributed by atoms with van der Waals surface area (Å²) < 4.78 is 7.54. The van der Waals surface area contributed by atoms with E-state index in [0.29, 0.717) is 0 Å². The highest BCUT2D eigenvalue weighted by atomic mass is 16.5. The first kappa shape index (κ1) is 13.1. The van der Waals surface area contributed by atoms with Crippen molar-refractivity contribution in [1.82, 2.24) is 9.55 Å². The Morgan fingerprint density at radius 1 is 1.45 bits per heavy atom. The molecule has 0 amide bonds. The van der Waals surface area contributed by atoms with Gasteiger partial charge in [0, 0.05) is 19.8 Å². The molecule has 1 aliphatic heterocycles. The van der Waals surface area contributed by atoms with E-state index >= 15 is 0 Å². The summed E-state index contributed by atoms with van der Waals surface area (Å²) in [7, 11) is 0. The van der Waals surface area contributed by atoms with Crippen LogP contribution in [-0.4, -0.2) is 33.8 Å². The average molecular weight is 274 g/mol. The van der Waals surface area contributed by atoms with Crippen molar-refractivity contribution < 1.29 is 14.6 Å². The van der Waals surface area contributed by atoms with E-state index in [-0.39, 0.29) is 11.0 Å². The van der Waals surface area contributed by atoms with Crippen LogP contribution in [0.5, 0.6) is 0 Å². The zero-order valence-electron chi connectivity index (χ0n) is 11.5. The second kappa shape index (κ2) is 4.90.